The molecule has 0 aromatic rings. The van der Waals surface area contributed by atoms with Gasteiger partial charge in [-0.25, -0.2) is 0 Å². The van der Waals surface area contributed by atoms with Crippen LogP contribution in [0.3, 0.4) is 0 Å². The zero-order valence-electron chi connectivity index (χ0n) is 11.7. The van der Waals surface area contributed by atoms with Gasteiger partial charge in [-0.1, -0.05) is 34.6 Å². The quantitative estimate of drug-likeness (QED) is 0.684. The number of hydrogen-bond donors (Lipinski definition) is 1. The van der Waals surface area contributed by atoms with Crippen molar-refractivity contribution in [3.8, 4) is 0 Å². The summed E-state index contributed by atoms with van der Waals surface area (Å²) in [6.45, 7) is 15.9. The molecule has 1 unspecified atom stereocenters. The van der Waals surface area contributed by atoms with Crippen LogP contribution in [-0.4, -0.2) is 37.1 Å². The van der Waals surface area contributed by atoms with Crippen LogP contribution in [0.2, 0.25) is 0 Å². The molecule has 0 spiro atoms. The van der Waals surface area contributed by atoms with Crippen LogP contribution in [0, 0.1) is 5.41 Å². The first-order valence-electron chi connectivity index (χ1n) is 6.18. The average molecular weight is 214 g/mol. The minimum Gasteiger partial charge on any atom is -0.314 e. The highest BCUT2D eigenvalue weighted by atomic mass is 15.1. The van der Waals surface area contributed by atoms with Crippen molar-refractivity contribution in [2.45, 2.75) is 60.0 Å². The molecular formula is C13H30N2. The Bertz CT molecular complexity index is 158. The highest BCUT2D eigenvalue weighted by Crippen LogP contribution is 2.22. The fourth-order valence-corrected chi connectivity index (χ4v) is 1.57. The van der Waals surface area contributed by atoms with Crippen LogP contribution in [0.5, 0.6) is 0 Å². The second-order valence-electron chi connectivity index (χ2n) is 5.98. The van der Waals surface area contributed by atoms with Gasteiger partial charge in [-0.2, -0.15) is 0 Å². The molecule has 0 aliphatic heterocycles. The van der Waals surface area contributed by atoms with Crippen molar-refractivity contribution in [1.82, 2.24) is 10.2 Å². The van der Waals surface area contributed by atoms with Crippen LogP contribution in [0.4, 0.5) is 0 Å². The van der Waals surface area contributed by atoms with E-state index in [4.69, 9.17) is 0 Å². The van der Waals surface area contributed by atoms with E-state index in [1.165, 1.54) is 13.0 Å². The van der Waals surface area contributed by atoms with E-state index in [0.29, 0.717) is 17.5 Å². The molecule has 1 atom stereocenters. The molecule has 2 heteroatoms. The lowest BCUT2D eigenvalue weighted by molar-refractivity contribution is 0.139. The first-order valence-corrected chi connectivity index (χ1v) is 6.18. The molecule has 1 N–H and O–H groups in total. The molecule has 0 aromatic carbocycles. The van der Waals surface area contributed by atoms with Crippen LogP contribution in [0.1, 0.15) is 48.0 Å². The fourth-order valence-electron chi connectivity index (χ4n) is 1.57. The zero-order valence-corrected chi connectivity index (χ0v) is 11.7. The van der Waals surface area contributed by atoms with Crippen molar-refractivity contribution in [3.05, 3.63) is 0 Å². The van der Waals surface area contributed by atoms with Gasteiger partial charge < -0.3 is 10.2 Å². The molecule has 0 fully saturated rings. The van der Waals surface area contributed by atoms with Crippen LogP contribution < -0.4 is 5.32 Å². The van der Waals surface area contributed by atoms with E-state index in [1.54, 1.807) is 0 Å². The molecule has 0 heterocycles. The molecule has 0 rings (SSSR count). The lowest BCUT2D eigenvalue weighted by atomic mass is 9.87. The molecule has 0 aromatic heterocycles. The van der Waals surface area contributed by atoms with Gasteiger partial charge in [-0.05, 0) is 38.9 Å². The number of nitrogens with one attached hydrogen (secondary N) is 1. The minimum atomic E-state index is 0.375. The topological polar surface area (TPSA) is 15.3 Å². The van der Waals surface area contributed by atoms with Gasteiger partial charge in [0.05, 0.1) is 0 Å². The van der Waals surface area contributed by atoms with Gasteiger partial charge in [0.15, 0.2) is 0 Å². The average Bonchev–Trinajstić information content (AvgIpc) is 2.09. The van der Waals surface area contributed by atoms with Crippen LogP contribution in [0.25, 0.3) is 0 Å². The molecule has 2 nitrogen and oxygen atoms in total. The highest BCUT2D eigenvalue weighted by molar-refractivity contribution is 4.77. The summed E-state index contributed by atoms with van der Waals surface area (Å²) in [5, 5.41) is 3.45. The summed E-state index contributed by atoms with van der Waals surface area (Å²) in [5.41, 5.74) is 0.375. The van der Waals surface area contributed by atoms with Crippen LogP contribution in [-0.2, 0) is 0 Å². The van der Waals surface area contributed by atoms with Crippen molar-refractivity contribution in [3.63, 3.8) is 0 Å². The second-order valence-corrected chi connectivity index (χ2v) is 5.98. The predicted octanol–water partition coefficient (Wildman–Crippen LogP) is 2.74. The van der Waals surface area contributed by atoms with Crippen LogP contribution in [0.15, 0.2) is 0 Å². The van der Waals surface area contributed by atoms with Gasteiger partial charge in [0.2, 0.25) is 0 Å². The third kappa shape index (κ3) is 6.91. The third-order valence-corrected chi connectivity index (χ3v) is 3.15. The van der Waals surface area contributed by atoms with E-state index < -0.39 is 0 Å². The molecule has 0 aliphatic rings. The Morgan fingerprint density at radius 2 is 1.67 bits per heavy atom. The number of hydrogen-bond acceptors (Lipinski definition) is 2. The summed E-state index contributed by atoms with van der Waals surface area (Å²) in [4.78, 5) is 2.46. The Kier molecular flexibility index (Phi) is 6.46. The Labute approximate surface area is 96.4 Å². The largest absolute Gasteiger partial charge is 0.314 e. The summed E-state index contributed by atoms with van der Waals surface area (Å²) >= 11 is 0. The van der Waals surface area contributed by atoms with E-state index in [2.05, 4.69) is 58.8 Å². The Hall–Kier alpha value is -0.0800. The molecule has 0 saturated carbocycles. The van der Waals surface area contributed by atoms with Crippen molar-refractivity contribution in [1.29, 1.82) is 0 Å². The Morgan fingerprint density at radius 1 is 1.13 bits per heavy atom. The van der Waals surface area contributed by atoms with E-state index in [1.807, 2.05) is 0 Å². The van der Waals surface area contributed by atoms with Crippen molar-refractivity contribution >= 4 is 0 Å². The van der Waals surface area contributed by atoms with E-state index in [0.717, 1.165) is 6.54 Å². The lowest BCUT2D eigenvalue weighted by Gasteiger charge is -2.35. The summed E-state index contributed by atoms with van der Waals surface area (Å²) in [7, 11) is 2.23. The Morgan fingerprint density at radius 3 is 2.07 bits per heavy atom. The summed E-state index contributed by atoms with van der Waals surface area (Å²) in [5.74, 6) is 0. The van der Waals surface area contributed by atoms with E-state index in [9.17, 15) is 0 Å². The maximum absolute atomic E-state index is 3.45. The predicted molar refractivity (Wildman–Crippen MR) is 69.3 cm³/mol. The van der Waals surface area contributed by atoms with Gasteiger partial charge >= 0.3 is 0 Å². The second kappa shape index (κ2) is 6.49. The molecule has 92 valence electrons. The van der Waals surface area contributed by atoms with Gasteiger partial charge in [0, 0.05) is 12.1 Å². The Balaban J connectivity index is 3.70. The lowest BCUT2D eigenvalue weighted by Crippen LogP contribution is -2.40. The molecule has 0 bridgehead atoms. The van der Waals surface area contributed by atoms with Gasteiger partial charge in [0.25, 0.3) is 0 Å². The van der Waals surface area contributed by atoms with Crippen LogP contribution >= 0.6 is 0 Å². The molecular weight excluding hydrogens is 184 g/mol. The smallest absolute Gasteiger partial charge is 0.0112 e. The molecule has 0 radical (unpaired) electrons. The minimum absolute atomic E-state index is 0.375. The molecule has 0 saturated heterocycles. The van der Waals surface area contributed by atoms with Gasteiger partial charge in [-0.15, -0.1) is 0 Å². The number of nitrogens with zero attached hydrogens (tertiary/aromatic N) is 1. The molecule has 0 aliphatic carbocycles. The van der Waals surface area contributed by atoms with Gasteiger partial charge in [-0.3, -0.25) is 0 Å². The zero-order chi connectivity index (χ0) is 12.1. The summed E-state index contributed by atoms with van der Waals surface area (Å²) < 4.78 is 0. The maximum Gasteiger partial charge on any atom is 0.0112 e. The van der Waals surface area contributed by atoms with Crippen molar-refractivity contribution in [2.75, 3.05) is 20.1 Å². The fraction of sp³-hybridized carbons (Fsp3) is 1.00. The first-order chi connectivity index (χ1) is 6.75. The number of rotatable bonds is 6. The SMILES string of the molecule is CC(C)NCCCN(C)C(C)C(C)(C)C. The van der Waals surface area contributed by atoms with E-state index in [-0.39, 0.29) is 0 Å². The maximum atomic E-state index is 3.45. The standard InChI is InChI=1S/C13H30N2/c1-11(2)14-9-8-10-15(7)12(3)13(4,5)6/h11-12,14H,8-10H2,1-7H3. The van der Waals surface area contributed by atoms with Crippen molar-refractivity contribution in [2.24, 2.45) is 5.41 Å². The highest BCUT2D eigenvalue weighted by Gasteiger charge is 2.23. The monoisotopic (exact) mass is 214 g/mol. The first kappa shape index (κ1) is 14.9. The van der Waals surface area contributed by atoms with E-state index >= 15 is 0 Å². The van der Waals surface area contributed by atoms with Gasteiger partial charge in [0.1, 0.15) is 0 Å². The molecule has 0 amide bonds. The van der Waals surface area contributed by atoms with Crippen molar-refractivity contribution < 1.29 is 0 Å². The summed E-state index contributed by atoms with van der Waals surface area (Å²) in [6, 6.07) is 1.24. The molecule has 15 heavy (non-hydrogen) atoms. The summed E-state index contributed by atoms with van der Waals surface area (Å²) in [6.07, 6.45) is 1.23. The normalized spacial score (nSPS) is 15.0. The third-order valence-electron chi connectivity index (χ3n) is 3.15.